The summed E-state index contributed by atoms with van der Waals surface area (Å²) in [6.07, 6.45) is 1.25. The molecule has 0 unspecified atom stereocenters. The number of hydrogen-bond acceptors (Lipinski definition) is 4. The molecule has 0 aliphatic heterocycles. The number of carboxylic acid groups (broad SMARTS) is 1. The van der Waals surface area contributed by atoms with E-state index < -0.39 is 17.7 Å². The minimum absolute atomic E-state index is 0.204. The minimum Gasteiger partial charge on any atom is -0.478 e. The van der Waals surface area contributed by atoms with Crippen molar-refractivity contribution in [1.29, 1.82) is 0 Å². The highest BCUT2D eigenvalue weighted by Crippen LogP contribution is 2.20. The van der Waals surface area contributed by atoms with Crippen molar-refractivity contribution in [3.63, 3.8) is 0 Å². The van der Waals surface area contributed by atoms with Crippen LogP contribution in [0.15, 0.2) is 30.5 Å². The Bertz CT molecular complexity index is 1040. The van der Waals surface area contributed by atoms with Crippen LogP contribution in [0.5, 0.6) is 0 Å². The Kier molecular flexibility index (Phi) is 4.95. The molecule has 0 radical (unpaired) electrons. The molecule has 0 saturated heterocycles. The van der Waals surface area contributed by atoms with Gasteiger partial charge in [-0.3, -0.25) is 14.2 Å². The zero-order chi connectivity index (χ0) is 19.7. The maximum absolute atomic E-state index is 13.2. The van der Waals surface area contributed by atoms with Crippen molar-refractivity contribution in [2.75, 3.05) is 5.32 Å². The fourth-order valence-electron chi connectivity index (χ4n) is 2.53. The molecule has 2 N–H and O–H groups in total. The van der Waals surface area contributed by atoms with Crippen LogP contribution >= 0.6 is 11.6 Å². The number of carbonyl (C=O) groups excluding carboxylic acids is 1. The van der Waals surface area contributed by atoms with Crippen LogP contribution < -0.4 is 5.32 Å². The average Bonchev–Trinajstić information content (AvgIpc) is 3.13. The number of nitrogens with zero attached hydrogens (tertiary/aromatic N) is 4. The molecule has 1 amide bonds. The molecular weight excluding hydrogens is 377 g/mol. The SMILES string of the molecule is Cc1cc(NC(=O)c2nn(C)cc2C(=O)O)nn1Cc1ccc(F)cc1Cl. The van der Waals surface area contributed by atoms with Crippen molar-refractivity contribution >= 4 is 29.3 Å². The number of halogens is 2. The highest BCUT2D eigenvalue weighted by molar-refractivity contribution is 6.31. The molecule has 8 nitrogen and oxygen atoms in total. The summed E-state index contributed by atoms with van der Waals surface area (Å²) in [5.41, 5.74) is 0.980. The van der Waals surface area contributed by atoms with Crippen molar-refractivity contribution in [2.24, 2.45) is 7.05 Å². The topological polar surface area (TPSA) is 102 Å². The van der Waals surface area contributed by atoms with Gasteiger partial charge in [0, 0.05) is 30.0 Å². The number of aromatic carboxylic acids is 1. The van der Waals surface area contributed by atoms with Crippen molar-refractivity contribution in [2.45, 2.75) is 13.5 Å². The van der Waals surface area contributed by atoms with Crippen LogP contribution in [-0.2, 0) is 13.6 Å². The molecule has 3 rings (SSSR count). The van der Waals surface area contributed by atoms with Gasteiger partial charge in [0.2, 0.25) is 0 Å². The third kappa shape index (κ3) is 3.98. The van der Waals surface area contributed by atoms with Gasteiger partial charge in [-0.1, -0.05) is 17.7 Å². The van der Waals surface area contributed by atoms with E-state index >= 15 is 0 Å². The summed E-state index contributed by atoms with van der Waals surface area (Å²) >= 11 is 6.04. The second kappa shape index (κ2) is 7.20. The number of nitrogens with one attached hydrogen (secondary N) is 1. The number of hydrogen-bond donors (Lipinski definition) is 2. The van der Waals surface area contributed by atoms with Gasteiger partial charge in [-0.25, -0.2) is 9.18 Å². The number of benzene rings is 1. The molecule has 140 valence electrons. The lowest BCUT2D eigenvalue weighted by Gasteiger charge is -2.06. The number of carboxylic acids is 1. The molecule has 27 heavy (non-hydrogen) atoms. The predicted octanol–water partition coefficient (Wildman–Crippen LogP) is 2.72. The van der Waals surface area contributed by atoms with Crippen molar-refractivity contribution < 1.29 is 19.1 Å². The number of aryl methyl sites for hydroxylation is 2. The Hall–Kier alpha value is -3.20. The molecule has 0 atom stereocenters. The zero-order valence-corrected chi connectivity index (χ0v) is 15.2. The third-order valence-electron chi connectivity index (χ3n) is 3.83. The molecule has 1 aromatic carbocycles. The summed E-state index contributed by atoms with van der Waals surface area (Å²) in [5.74, 6) is -2.13. The van der Waals surface area contributed by atoms with E-state index in [1.54, 1.807) is 23.7 Å². The number of anilines is 1. The average molecular weight is 392 g/mol. The molecule has 0 saturated carbocycles. The van der Waals surface area contributed by atoms with E-state index in [0.29, 0.717) is 5.56 Å². The maximum Gasteiger partial charge on any atom is 0.339 e. The van der Waals surface area contributed by atoms with Crippen LogP contribution in [0.1, 0.15) is 32.1 Å². The quantitative estimate of drug-likeness (QED) is 0.696. The molecular formula is C17H15ClFN5O3. The molecule has 2 heterocycles. The number of aromatic nitrogens is 4. The maximum atomic E-state index is 13.2. The van der Waals surface area contributed by atoms with Gasteiger partial charge in [0.1, 0.15) is 11.4 Å². The predicted molar refractivity (Wildman–Crippen MR) is 95.6 cm³/mol. The number of amides is 1. The Morgan fingerprint density at radius 2 is 2.04 bits per heavy atom. The largest absolute Gasteiger partial charge is 0.478 e. The number of rotatable bonds is 5. The van der Waals surface area contributed by atoms with Crippen LogP contribution in [-0.4, -0.2) is 36.5 Å². The van der Waals surface area contributed by atoms with E-state index in [2.05, 4.69) is 15.5 Å². The summed E-state index contributed by atoms with van der Waals surface area (Å²) in [5, 5.41) is 20.1. The summed E-state index contributed by atoms with van der Waals surface area (Å²) in [6.45, 7) is 2.06. The first-order valence-electron chi connectivity index (χ1n) is 7.81. The molecule has 2 aromatic heterocycles. The summed E-state index contributed by atoms with van der Waals surface area (Å²) in [6, 6.07) is 5.70. The lowest BCUT2D eigenvalue weighted by molar-refractivity contribution is 0.0692. The van der Waals surface area contributed by atoms with Crippen LogP contribution in [0.25, 0.3) is 0 Å². The van der Waals surface area contributed by atoms with E-state index in [4.69, 9.17) is 16.7 Å². The smallest absolute Gasteiger partial charge is 0.339 e. The monoisotopic (exact) mass is 391 g/mol. The van der Waals surface area contributed by atoms with E-state index in [9.17, 15) is 14.0 Å². The van der Waals surface area contributed by atoms with Crippen LogP contribution in [0.4, 0.5) is 10.2 Å². The molecule has 10 heteroatoms. The first-order chi connectivity index (χ1) is 12.7. The normalized spacial score (nSPS) is 10.8. The lowest BCUT2D eigenvalue weighted by Crippen LogP contribution is -2.17. The fraction of sp³-hybridized carbons (Fsp3) is 0.176. The highest BCUT2D eigenvalue weighted by Gasteiger charge is 2.22. The van der Waals surface area contributed by atoms with Crippen LogP contribution in [0, 0.1) is 12.7 Å². The van der Waals surface area contributed by atoms with Crippen LogP contribution in [0.2, 0.25) is 5.02 Å². The molecule has 3 aromatic rings. The van der Waals surface area contributed by atoms with Crippen molar-refractivity contribution in [1.82, 2.24) is 19.6 Å². The van der Waals surface area contributed by atoms with E-state index in [1.807, 2.05) is 0 Å². The van der Waals surface area contributed by atoms with Gasteiger partial charge in [-0.05, 0) is 24.6 Å². The lowest BCUT2D eigenvalue weighted by atomic mass is 10.2. The second-order valence-electron chi connectivity index (χ2n) is 5.89. The van der Waals surface area contributed by atoms with Gasteiger partial charge in [0.25, 0.3) is 5.91 Å². The van der Waals surface area contributed by atoms with Gasteiger partial charge in [0.15, 0.2) is 11.5 Å². The summed E-state index contributed by atoms with van der Waals surface area (Å²) < 4.78 is 16.0. The van der Waals surface area contributed by atoms with Crippen LogP contribution in [0.3, 0.4) is 0 Å². The Labute approximate surface area is 158 Å². The Balaban J connectivity index is 1.80. The first kappa shape index (κ1) is 18.6. The van der Waals surface area contributed by atoms with Gasteiger partial charge in [-0.15, -0.1) is 0 Å². The second-order valence-corrected chi connectivity index (χ2v) is 6.30. The number of carbonyl (C=O) groups is 2. The van der Waals surface area contributed by atoms with Crippen molar-refractivity contribution in [3.05, 3.63) is 63.8 Å². The van der Waals surface area contributed by atoms with Gasteiger partial charge < -0.3 is 10.4 Å². The fourth-order valence-corrected chi connectivity index (χ4v) is 2.76. The molecule has 0 bridgehead atoms. The van der Waals surface area contributed by atoms with E-state index in [0.717, 1.165) is 5.69 Å². The Morgan fingerprint density at radius 3 is 2.70 bits per heavy atom. The molecule has 0 aliphatic carbocycles. The van der Waals surface area contributed by atoms with E-state index in [-0.39, 0.29) is 28.6 Å². The Morgan fingerprint density at radius 1 is 1.30 bits per heavy atom. The third-order valence-corrected chi connectivity index (χ3v) is 4.18. The molecule has 0 spiro atoms. The zero-order valence-electron chi connectivity index (χ0n) is 14.4. The van der Waals surface area contributed by atoms with Gasteiger partial charge >= 0.3 is 5.97 Å². The summed E-state index contributed by atoms with van der Waals surface area (Å²) in [7, 11) is 1.52. The van der Waals surface area contributed by atoms with E-state index in [1.165, 1.54) is 30.1 Å². The first-order valence-corrected chi connectivity index (χ1v) is 8.19. The van der Waals surface area contributed by atoms with Gasteiger partial charge in [0.05, 0.1) is 6.54 Å². The van der Waals surface area contributed by atoms with Crippen molar-refractivity contribution in [3.8, 4) is 0 Å². The van der Waals surface area contributed by atoms with Gasteiger partial charge in [-0.2, -0.15) is 10.2 Å². The minimum atomic E-state index is -1.25. The standard InChI is InChI=1S/C17H15ClFN5O3/c1-9-5-14(20-16(25)15-12(17(26)27)8-23(2)22-15)21-24(9)7-10-3-4-11(19)6-13(10)18/h3-6,8H,7H2,1-2H3,(H,26,27)(H,20,21,25). The summed E-state index contributed by atoms with van der Waals surface area (Å²) in [4.78, 5) is 23.6. The molecule has 0 aliphatic rings. The molecule has 0 fully saturated rings. The highest BCUT2D eigenvalue weighted by atomic mass is 35.5.